The van der Waals surface area contributed by atoms with Crippen LogP contribution >= 0.6 is 11.8 Å². The van der Waals surface area contributed by atoms with Gasteiger partial charge in [0.2, 0.25) is 0 Å². The summed E-state index contributed by atoms with van der Waals surface area (Å²) in [6.07, 6.45) is 1.71. The molecule has 0 unspecified atom stereocenters. The van der Waals surface area contributed by atoms with Gasteiger partial charge < -0.3 is 0 Å². The lowest BCUT2D eigenvalue weighted by atomic mass is 9.92. The number of benzene rings is 1. The Morgan fingerprint density at radius 3 is 2.54 bits per heavy atom. The molecule has 0 amide bonds. The normalized spacial score (nSPS) is 11.7. The van der Waals surface area contributed by atoms with Crippen molar-refractivity contribution in [3.05, 3.63) is 58.5 Å². The molecule has 134 valence electrons. The van der Waals surface area contributed by atoms with Gasteiger partial charge in [-0.1, -0.05) is 50.7 Å². The van der Waals surface area contributed by atoms with Gasteiger partial charge in [-0.05, 0) is 30.7 Å². The smallest absolute Gasteiger partial charge is 0.267 e. The summed E-state index contributed by atoms with van der Waals surface area (Å²) in [6, 6.07) is 10.9. The van der Waals surface area contributed by atoms with E-state index >= 15 is 0 Å². The van der Waals surface area contributed by atoms with Crippen LogP contribution in [-0.2, 0) is 4.79 Å². The summed E-state index contributed by atoms with van der Waals surface area (Å²) in [6.45, 7) is 7.60. The van der Waals surface area contributed by atoms with Crippen LogP contribution in [0.4, 0.5) is 0 Å². The number of aryl methyl sites for hydroxylation is 1. The molecular weight excluding hydrogens is 346 g/mol. The van der Waals surface area contributed by atoms with Crippen LogP contribution < -0.4 is 5.56 Å². The number of carbonyl (C=O) groups excluding carboxylic acids is 1. The third kappa shape index (κ3) is 3.70. The second-order valence-corrected chi connectivity index (χ2v) is 8.15. The van der Waals surface area contributed by atoms with Crippen molar-refractivity contribution in [1.82, 2.24) is 14.5 Å². The van der Waals surface area contributed by atoms with Gasteiger partial charge in [-0.15, -0.1) is 0 Å². The third-order valence-electron chi connectivity index (χ3n) is 4.04. The van der Waals surface area contributed by atoms with Crippen LogP contribution in [0.3, 0.4) is 0 Å². The summed E-state index contributed by atoms with van der Waals surface area (Å²) in [5.41, 5.74) is 1.01. The maximum atomic E-state index is 13.1. The second-order valence-electron chi connectivity index (χ2n) is 7.21. The van der Waals surface area contributed by atoms with E-state index in [1.54, 1.807) is 24.4 Å². The fourth-order valence-electron chi connectivity index (χ4n) is 2.35. The Morgan fingerprint density at radius 1 is 1.15 bits per heavy atom. The number of hydrogen-bond acceptors (Lipinski definition) is 5. The van der Waals surface area contributed by atoms with Crippen LogP contribution in [0.15, 0.2) is 52.5 Å². The number of aromatic nitrogens is 3. The van der Waals surface area contributed by atoms with Crippen LogP contribution in [0.5, 0.6) is 0 Å². The number of fused-ring (bicyclic) bond motifs is 1. The van der Waals surface area contributed by atoms with Crippen LogP contribution in [0.2, 0.25) is 0 Å². The van der Waals surface area contributed by atoms with Crippen molar-refractivity contribution in [3.63, 3.8) is 0 Å². The Labute approximate surface area is 156 Å². The topological polar surface area (TPSA) is 64.8 Å². The predicted molar refractivity (Wildman–Crippen MR) is 105 cm³/mol. The maximum Gasteiger partial charge on any atom is 0.267 e. The van der Waals surface area contributed by atoms with Gasteiger partial charge >= 0.3 is 0 Å². The molecule has 0 fully saturated rings. The first-order chi connectivity index (χ1) is 12.3. The Hall–Kier alpha value is -2.47. The molecule has 0 spiro atoms. The van der Waals surface area contributed by atoms with Gasteiger partial charge in [-0.25, -0.2) is 14.5 Å². The van der Waals surface area contributed by atoms with E-state index in [9.17, 15) is 9.59 Å². The first-order valence-electron chi connectivity index (χ1n) is 8.38. The highest BCUT2D eigenvalue weighted by atomic mass is 32.2. The fraction of sp³-hybridized carbons (Fsp3) is 0.300. The lowest BCUT2D eigenvalue weighted by Gasteiger charge is -2.17. The highest BCUT2D eigenvalue weighted by molar-refractivity contribution is 7.99. The largest absolute Gasteiger partial charge is 0.298 e. The molecular formula is C20H21N3O2S. The molecule has 0 aliphatic heterocycles. The molecule has 5 nitrogen and oxygen atoms in total. The van der Waals surface area contributed by atoms with E-state index in [4.69, 9.17) is 0 Å². The van der Waals surface area contributed by atoms with Gasteiger partial charge in [0.15, 0.2) is 5.16 Å². The van der Waals surface area contributed by atoms with Crippen molar-refractivity contribution in [1.29, 1.82) is 0 Å². The fourth-order valence-corrected chi connectivity index (χ4v) is 3.51. The summed E-state index contributed by atoms with van der Waals surface area (Å²) in [4.78, 5) is 34.4. The van der Waals surface area contributed by atoms with E-state index in [2.05, 4.69) is 9.97 Å². The Bertz CT molecular complexity index is 1020. The molecule has 0 atom stereocenters. The van der Waals surface area contributed by atoms with Crippen molar-refractivity contribution in [2.45, 2.75) is 32.9 Å². The number of ketones is 1. The first-order valence-corrected chi connectivity index (χ1v) is 9.37. The van der Waals surface area contributed by atoms with E-state index in [0.717, 1.165) is 5.56 Å². The molecule has 0 N–H and O–H groups in total. The van der Waals surface area contributed by atoms with Gasteiger partial charge in [0.1, 0.15) is 11.6 Å². The Kier molecular flexibility index (Phi) is 4.96. The number of pyridine rings is 1. The summed E-state index contributed by atoms with van der Waals surface area (Å²) in [7, 11) is 0. The highest BCUT2D eigenvalue weighted by Crippen LogP contribution is 2.24. The second kappa shape index (κ2) is 7.03. The molecule has 2 heterocycles. The molecule has 6 heteroatoms. The average molecular weight is 367 g/mol. The molecule has 3 rings (SSSR count). The quantitative estimate of drug-likeness (QED) is 0.518. The molecule has 3 aromatic rings. The summed E-state index contributed by atoms with van der Waals surface area (Å²) in [5, 5.41) is 1.00. The number of hydrogen-bond donors (Lipinski definition) is 0. The number of carbonyl (C=O) groups is 1. The van der Waals surface area contributed by atoms with Crippen molar-refractivity contribution >= 4 is 28.4 Å². The number of thioether (sulfide) groups is 1. The van der Waals surface area contributed by atoms with E-state index < -0.39 is 5.41 Å². The zero-order valence-electron chi connectivity index (χ0n) is 15.3. The third-order valence-corrected chi connectivity index (χ3v) is 4.98. The summed E-state index contributed by atoms with van der Waals surface area (Å²) in [5.74, 6) is 0.859. The molecule has 0 radical (unpaired) electrons. The van der Waals surface area contributed by atoms with Crippen LogP contribution in [-0.4, -0.2) is 26.1 Å². The van der Waals surface area contributed by atoms with Crippen LogP contribution in [0, 0.1) is 12.3 Å². The zero-order chi connectivity index (χ0) is 18.9. The highest BCUT2D eigenvalue weighted by Gasteiger charge is 2.22. The minimum atomic E-state index is -0.433. The van der Waals surface area contributed by atoms with E-state index in [1.165, 1.54) is 16.3 Å². The summed E-state index contributed by atoms with van der Waals surface area (Å²) >= 11 is 1.27. The molecule has 0 bridgehead atoms. The minimum absolute atomic E-state index is 0.105. The lowest BCUT2D eigenvalue weighted by Crippen LogP contribution is -2.25. The van der Waals surface area contributed by atoms with Gasteiger partial charge in [0.25, 0.3) is 5.56 Å². The standard InChI is InChI=1S/C20H21N3O2S/c1-13-9-10-17(21-11-13)23-18(25)14-7-5-6-8-15(14)22-19(23)26-12-16(24)20(2,3)4/h5-11H,12H2,1-4H3. The molecule has 26 heavy (non-hydrogen) atoms. The molecule has 0 aliphatic rings. The average Bonchev–Trinajstić information content (AvgIpc) is 2.60. The first kappa shape index (κ1) is 18.3. The van der Waals surface area contributed by atoms with Gasteiger partial charge in [0, 0.05) is 11.6 Å². The van der Waals surface area contributed by atoms with Gasteiger partial charge in [-0.2, -0.15) is 0 Å². The van der Waals surface area contributed by atoms with Crippen molar-refractivity contribution in [3.8, 4) is 5.82 Å². The van der Waals surface area contributed by atoms with E-state index in [1.807, 2.05) is 45.9 Å². The molecule has 0 saturated carbocycles. The number of rotatable bonds is 4. The Balaban J connectivity index is 2.13. The number of Topliss-reactive ketones (excluding diaryl/α,β-unsaturated/α-hetero) is 1. The van der Waals surface area contributed by atoms with E-state index in [0.29, 0.717) is 21.9 Å². The monoisotopic (exact) mass is 367 g/mol. The van der Waals surface area contributed by atoms with Gasteiger partial charge in [0.05, 0.1) is 16.7 Å². The zero-order valence-corrected chi connectivity index (χ0v) is 16.1. The molecule has 2 aromatic heterocycles. The van der Waals surface area contributed by atoms with E-state index in [-0.39, 0.29) is 17.1 Å². The molecule has 0 saturated heterocycles. The Morgan fingerprint density at radius 2 is 1.88 bits per heavy atom. The summed E-state index contributed by atoms with van der Waals surface area (Å²) < 4.78 is 1.49. The van der Waals surface area contributed by atoms with Crippen molar-refractivity contribution < 1.29 is 4.79 Å². The van der Waals surface area contributed by atoms with Crippen molar-refractivity contribution in [2.75, 3.05) is 5.75 Å². The van der Waals surface area contributed by atoms with Crippen LogP contribution in [0.1, 0.15) is 26.3 Å². The lowest BCUT2D eigenvalue weighted by molar-refractivity contribution is -0.123. The van der Waals surface area contributed by atoms with Crippen LogP contribution in [0.25, 0.3) is 16.7 Å². The van der Waals surface area contributed by atoms with Gasteiger partial charge in [-0.3, -0.25) is 9.59 Å². The minimum Gasteiger partial charge on any atom is -0.298 e. The van der Waals surface area contributed by atoms with Crippen molar-refractivity contribution in [2.24, 2.45) is 5.41 Å². The SMILES string of the molecule is Cc1ccc(-n2c(SCC(=O)C(C)(C)C)nc3ccccc3c2=O)nc1. The predicted octanol–water partition coefficient (Wildman–Crippen LogP) is 3.80. The molecule has 1 aromatic carbocycles. The molecule has 0 aliphatic carbocycles. The maximum absolute atomic E-state index is 13.1. The number of para-hydroxylation sites is 1. The number of nitrogens with zero attached hydrogens (tertiary/aromatic N) is 3.